The van der Waals surface area contributed by atoms with Gasteiger partial charge < -0.3 is 10.1 Å². The maximum absolute atomic E-state index is 6.22. The summed E-state index contributed by atoms with van der Waals surface area (Å²) in [5, 5.41) is 3.90. The third kappa shape index (κ3) is 3.03. The maximum atomic E-state index is 6.22. The highest BCUT2D eigenvalue weighted by Gasteiger charge is 2.11. The van der Waals surface area contributed by atoms with Gasteiger partial charge in [-0.1, -0.05) is 11.6 Å². The lowest BCUT2D eigenvalue weighted by Crippen LogP contribution is -2.16. The molecule has 1 aromatic rings. The number of ether oxygens (including phenoxy) is 1. The van der Waals surface area contributed by atoms with Gasteiger partial charge in [-0.3, -0.25) is 0 Å². The van der Waals surface area contributed by atoms with E-state index in [1.54, 1.807) is 7.11 Å². The standard InChI is InChI=1S/C12H17Cl2NO/c1-8-6-11(16-3)10(4-5-15-7-13)9(2)12(8)14/h6,15H,4-5,7H2,1-3H3. The van der Waals surface area contributed by atoms with Crippen molar-refractivity contribution in [3.05, 3.63) is 27.8 Å². The number of halogens is 2. The minimum Gasteiger partial charge on any atom is -0.496 e. The second-order valence-electron chi connectivity index (χ2n) is 3.70. The van der Waals surface area contributed by atoms with E-state index in [9.17, 15) is 0 Å². The molecule has 0 heterocycles. The molecule has 0 saturated carbocycles. The van der Waals surface area contributed by atoms with Crippen LogP contribution in [0.2, 0.25) is 5.02 Å². The molecule has 2 nitrogen and oxygen atoms in total. The third-order valence-corrected chi connectivity index (χ3v) is 3.41. The van der Waals surface area contributed by atoms with E-state index in [1.807, 2.05) is 19.9 Å². The van der Waals surface area contributed by atoms with Crippen LogP contribution in [0.25, 0.3) is 0 Å². The topological polar surface area (TPSA) is 21.3 Å². The van der Waals surface area contributed by atoms with Crippen molar-refractivity contribution >= 4 is 23.2 Å². The fourth-order valence-electron chi connectivity index (χ4n) is 1.73. The summed E-state index contributed by atoms with van der Waals surface area (Å²) in [5.41, 5.74) is 3.29. The summed E-state index contributed by atoms with van der Waals surface area (Å²) in [5.74, 6) is 0.899. The van der Waals surface area contributed by atoms with Gasteiger partial charge in [-0.2, -0.15) is 0 Å². The Morgan fingerprint density at radius 2 is 2.06 bits per heavy atom. The van der Waals surface area contributed by atoms with Crippen LogP contribution in [0.5, 0.6) is 5.75 Å². The molecule has 1 N–H and O–H groups in total. The van der Waals surface area contributed by atoms with Gasteiger partial charge in [-0.25, -0.2) is 0 Å². The van der Waals surface area contributed by atoms with Crippen LogP contribution in [-0.2, 0) is 6.42 Å². The van der Waals surface area contributed by atoms with Crippen molar-refractivity contribution < 1.29 is 4.74 Å². The first kappa shape index (κ1) is 13.6. The highest BCUT2D eigenvalue weighted by Crippen LogP contribution is 2.31. The van der Waals surface area contributed by atoms with Crippen LogP contribution in [0.1, 0.15) is 16.7 Å². The van der Waals surface area contributed by atoms with Crippen molar-refractivity contribution in [2.24, 2.45) is 0 Å². The lowest BCUT2D eigenvalue weighted by molar-refractivity contribution is 0.408. The Kier molecular flexibility index (Phi) is 5.39. The number of rotatable bonds is 5. The van der Waals surface area contributed by atoms with E-state index in [-0.39, 0.29) is 0 Å². The van der Waals surface area contributed by atoms with Gasteiger partial charge in [0.25, 0.3) is 0 Å². The zero-order valence-corrected chi connectivity index (χ0v) is 11.4. The van der Waals surface area contributed by atoms with E-state index in [0.717, 1.165) is 40.4 Å². The SMILES string of the molecule is COc1cc(C)c(Cl)c(C)c1CCNCCl. The van der Waals surface area contributed by atoms with Crippen LogP contribution in [0.15, 0.2) is 6.07 Å². The van der Waals surface area contributed by atoms with Crippen molar-refractivity contribution in [2.75, 3.05) is 19.7 Å². The third-order valence-electron chi connectivity index (χ3n) is 2.64. The second kappa shape index (κ2) is 6.33. The van der Waals surface area contributed by atoms with E-state index in [2.05, 4.69) is 5.32 Å². The van der Waals surface area contributed by atoms with Gasteiger partial charge in [-0.15, -0.1) is 11.6 Å². The molecule has 0 aliphatic rings. The monoisotopic (exact) mass is 261 g/mol. The number of hydrogen-bond acceptors (Lipinski definition) is 2. The average molecular weight is 262 g/mol. The molecule has 0 atom stereocenters. The number of benzene rings is 1. The second-order valence-corrected chi connectivity index (χ2v) is 4.34. The van der Waals surface area contributed by atoms with Gasteiger partial charge in [-0.05, 0) is 43.0 Å². The van der Waals surface area contributed by atoms with Crippen LogP contribution in [-0.4, -0.2) is 19.7 Å². The van der Waals surface area contributed by atoms with Crippen LogP contribution in [0, 0.1) is 13.8 Å². The molecule has 0 aliphatic carbocycles. The first-order valence-corrected chi connectivity index (χ1v) is 6.12. The van der Waals surface area contributed by atoms with Crippen LogP contribution >= 0.6 is 23.2 Å². The molecule has 0 spiro atoms. The van der Waals surface area contributed by atoms with Crippen LogP contribution < -0.4 is 10.1 Å². The molecule has 4 heteroatoms. The summed E-state index contributed by atoms with van der Waals surface area (Å²) in [6, 6.07) is 2.44. The van der Waals surface area contributed by atoms with Crippen LogP contribution in [0.3, 0.4) is 0 Å². The Morgan fingerprint density at radius 3 is 2.62 bits per heavy atom. The molecule has 0 fully saturated rings. The van der Waals surface area contributed by atoms with Crippen molar-refractivity contribution in [1.82, 2.24) is 5.32 Å². The van der Waals surface area contributed by atoms with Gasteiger partial charge >= 0.3 is 0 Å². The quantitative estimate of drug-likeness (QED) is 0.499. The molecule has 1 rings (SSSR count). The molecular formula is C12H17Cl2NO. The number of hydrogen-bond donors (Lipinski definition) is 1. The largest absolute Gasteiger partial charge is 0.496 e. The Labute approximate surface area is 107 Å². The molecule has 16 heavy (non-hydrogen) atoms. The normalized spacial score (nSPS) is 10.6. The van der Waals surface area contributed by atoms with Gasteiger partial charge in [0, 0.05) is 11.6 Å². The number of alkyl halides is 1. The van der Waals surface area contributed by atoms with E-state index in [4.69, 9.17) is 27.9 Å². The zero-order valence-electron chi connectivity index (χ0n) is 9.86. The highest BCUT2D eigenvalue weighted by molar-refractivity contribution is 6.32. The van der Waals surface area contributed by atoms with Crippen LogP contribution in [0.4, 0.5) is 0 Å². The number of methoxy groups -OCH3 is 1. The fraction of sp³-hybridized carbons (Fsp3) is 0.500. The average Bonchev–Trinajstić information content (AvgIpc) is 2.29. The molecule has 0 amide bonds. The smallest absolute Gasteiger partial charge is 0.122 e. The lowest BCUT2D eigenvalue weighted by atomic mass is 10.0. The molecule has 0 aliphatic heterocycles. The highest BCUT2D eigenvalue weighted by atomic mass is 35.5. The molecule has 0 aromatic heterocycles. The van der Waals surface area contributed by atoms with Gasteiger partial charge in [0.15, 0.2) is 0 Å². The molecule has 1 aromatic carbocycles. The lowest BCUT2D eigenvalue weighted by Gasteiger charge is -2.15. The Hall–Kier alpha value is -0.440. The number of aryl methyl sites for hydroxylation is 1. The summed E-state index contributed by atoms with van der Waals surface area (Å²) in [6.07, 6.45) is 0.863. The minimum atomic E-state index is 0.459. The Bertz CT molecular complexity index is 367. The summed E-state index contributed by atoms with van der Waals surface area (Å²) in [4.78, 5) is 0. The summed E-state index contributed by atoms with van der Waals surface area (Å²) >= 11 is 11.8. The predicted octanol–water partition coefficient (Wildman–Crippen LogP) is 3.29. The van der Waals surface area contributed by atoms with E-state index < -0.39 is 0 Å². The first-order chi connectivity index (χ1) is 7.61. The van der Waals surface area contributed by atoms with Gasteiger partial charge in [0.2, 0.25) is 0 Å². The molecule has 90 valence electrons. The molecule has 0 saturated heterocycles. The Balaban J connectivity index is 3.00. The molecule has 0 bridgehead atoms. The van der Waals surface area contributed by atoms with Crippen molar-refractivity contribution in [3.8, 4) is 5.75 Å². The predicted molar refractivity (Wildman–Crippen MR) is 69.9 cm³/mol. The summed E-state index contributed by atoms with van der Waals surface area (Å²) in [7, 11) is 1.68. The van der Waals surface area contributed by atoms with E-state index >= 15 is 0 Å². The molecule has 0 radical (unpaired) electrons. The zero-order chi connectivity index (χ0) is 12.1. The minimum absolute atomic E-state index is 0.459. The van der Waals surface area contributed by atoms with Crippen molar-refractivity contribution in [1.29, 1.82) is 0 Å². The fourth-order valence-corrected chi connectivity index (χ4v) is 2.04. The summed E-state index contributed by atoms with van der Waals surface area (Å²) in [6.45, 7) is 4.83. The van der Waals surface area contributed by atoms with Gasteiger partial charge in [0.1, 0.15) is 5.75 Å². The van der Waals surface area contributed by atoms with E-state index in [0.29, 0.717) is 6.00 Å². The number of nitrogens with one attached hydrogen (secondary N) is 1. The van der Waals surface area contributed by atoms with Crippen molar-refractivity contribution in [2.45, 2.75) is 20.3 Å². The van der Waals surface area contributed by atoms with Crippen molar-refractivity contribution in [3.63, 3.8) is 0 Å². The Morgan fingerprint density at radius 1 is 1.38 bits per heavy atom. The van der Waals surface area contributed by atoms with Gasteiger partial charge in [0.05, 0.1) is 13.1 Å². The summed E-state index contributed by atoms with van der Waals surface area (Å²) < 4.78 is 5.37. The maximum Gasteiger partial charge on any atom is 0.122 e. The molecular weight excluding hydrogens is 245 g/mol. The molecule has 0 unspecified atom stereocenters. The van der Waals surface area contributed by atoms with E-state index in [1.165, 1.54) is 0 Å². The first-order valence-electron chi connectivity index (χ1n) is 5.21.